The lowest BCUT2D eigenvalue weighted by Crippen LogP contribution is -2.22. The molecule has 0 amide bonds. The number of carboxylic acids is 1. The number of hydrogen-bond acceptors (Lipinski definition) is 6. The minimum Gasteiger partial charge on any atom is -0.481 e. The third-order valence-electron chi connectivity index (χ3n) is 5.93. The van der Waals surface area contributed by atoms with E-state index in [1.165, 1.54) is 12.1 Å². The van der Waals surface area contributed by atoms with Gasteiger partial charge in [0.2, 0.25) is 0 Å². The van der Waals surface area contributed by atoms with Crippen molar-refractivity contribution in [3.63, 3.8) is 0 Å². The van der Waals surface area contributed by atoms with Gasteiger partial charge < -0.3 is 10.0 Å². The van der Waals surface area contributed by atoms with Crippen molar-refractivity contribution in [1.82, 2.24) is 9.97 Å². The maximum Gasteiger partial charge on any atom is 0.418 e. The van der Waals surface area contributed by atoms with Crippen LogP contribution in [0, 0.1) is 0 Å². The number of aromatic nitrogens is 2. The minimum absolute atomic E-state index is 0.0459. The van der Waals surface area contributed by atoms with Crippen molar-refractivity contribution in [2.75, 3.05) is 23.2 Å². The Bertz CT molecular complexity index is 1410. The number of nitrogens with one attached hydrogen (secondary N) is 1. The molecule has 196 valence electrons. The van der Waals surface area contributed by atoms with Crippen LogP contribution in [0.2, 0.25) is 0 Å². The van der Waals surface area contributed by atoms with Gasteiger partial charge >= 0.3 is 12.1 Å². The summed E-state index contributed by atoms with van der Waals surface area (Å²) < 4.78 is 69.9. The molecule has 1 saturated carbocycles. The van der Waals surface area contributed by atoms with Gasteiger partial charge in [-0.15, -0.1) is 0 Å². The van der Waals surface area contributed by atoms with Crippen LogP contribution in [0.3, 0.4) is 0 Å². The predicted octanol–water partition coefficient (Wildman–Crippen LogP) is 5.14. The van der Waals surface area contributed by atoms with Gasteiger partial charge in [-0.2, -0.15) is 21.6 Å². The molecule has 8 nitrogen and oxygen atoms in total. The van der Waals surface area contributed by atoms with Crippen LogP contribution in [0.4, 0.5) is 24.8 Å². The minimum atomic E-state index is -4.68. The second kappa shape index (κ2) is 10.4. The first-order chi connectivity index (χ1) is 17.5. The molecule has 1 aliphatic rings. The van der Waals surface area contributed by atoms with Crippen LogP contribution in [-0.2, 0) is 21.0 Å². The van der Waals surface area contributed by atoms with E-state index in [9.17, 15) is 26.4 Å². The Hall–Kier alpha value is -3.67. The Morgan fingerprint density at radius 2 is 1.81 bits per heavy atom. The number of hydrogen-bond donors (Lipinski definition) is 2. The fraction of sp³-hybridized carbons (Fsp3) is 0.320. The van der Waals surface area contributed by atoms with Crippen LogP contribution in [0.1, 0.15) is 42.7 Å². The number of carbonyl (C=O) groups is 1. The molecule has 0 atom stereocenters. The third-order valence-corrected chi connectivity index (χ3v) is 7.19. The van der Waals surface area contributed by atoms with Crippen LogP contribution >= 0.6 is 0 Å². The van der Waals surface area contributed by atoms with E-state index >= 15 is 0 Å². The second-order valence-electron chi connectivity index (χ2n) is 8.81. The van der Waals surface area contributed by atoms with E-state index in [0.29, 0.717) is 24.3 Å². The summed E-state index contributed by atoms with van der Waals surface area (Å²) in [6.07, 6.45) is -2.65. The quantitative estimate of drug-likeness (QED) is 0.370. The van der Waals surface area contributed by atoms with Crippen molar-refractivity contribution >= 4 is 27.6 Å². The zero-order valence-corrected chi connectivity index (χ0v) is 20.7. The van der Waals surface area contributed by atoms with Gasteiger partial charge in [-0.1, -0.05) is 30.3 Å². The molecule has 12 heteroatoms. The number of alkyl halides is 3. The van der Waals surface area contributed by atoms with Gasteiger partial charge in [-0.25, -0.2) is 9.97 Å². The molecule has 0 saturated heterocycles. The predicted molar refractivity (Wildman–Crippen MR) is 132 cm³/mol. The molecule has 0 bridgehead atoms. The smallest absolute Gasteiger partial charge is 0.418 e. The summed E-state index contributed by atoms with van der Waals surface area (Å²) in [5, 5.41) is 8.45. The standard InChI is InChI=1S/C25H25F3N4O4S/c1-32(15-5-10-23(33)34)21-8-4-9-22(30-21)37(35,36)31-20-14-13-19(25(26,27)28)24(29-20)18-7-3-2-6-17(18)16-11-12-16/h2-4,6-9,13-14,16H,5,10-12,15H2,1H3,(H,29,31)(H,33,34). The third kappa shape index (κ3) is 6.37. The van der Waals surface area contributed by atoms with Crippen LogP contribution in [0.25, 0.3) is 11.3 Å². The summed E-state index contributed by atoms with van der Waals surface area (Å²) in [7, 11) is -2.64. The van der Waals surface area contributed by atoms with E-state index in [2.05, 4.69) is 14.7 Å². The van der Waals surface area contributed by atoms with E-state index in [-0.39, 0.29) is 28.9 Å². The number of aliphatic carboxylic acids is 1. The molecular weight excluding hydrogens is 509 g/mol. The first-order valence-corrected chi connectivity index (χ1v) is 13.0. The van der Waals surface area contributed by atoms with Gasteiger partial charge in [0.25, 0.3) is 10.0 Å². The van der Waals surface area contributed by atoms with E-state index in [1.807, 2.05) is 0 Å². The molecule has 0 unspecified atom stereocenters. The molecule has 2 heterocycles. The Morgan fingerprint density at radius 3 is 2.49 bits per heavy atom. The summed E-state index contributed by atoms with van der Waals surface area (Å²) in [5.41, 5.74) is -0.218. The van der Waals surface area contributed by atoms with Gasteiger partial charge in [0.05, 0.1) is 11.3 Å². The fourth-order valence-electron chi connectivity index (χ4n) is 3.95. The summed E-state index contributed by atoms with van der Waals surface area (Å²) >= 11 is 0. The average molecular weight is 535 g/mol. The van der Waals surface area contributed by atoms with Crippen LogP contribution in [-0.4, -0.2) is 43.1 Å². The van der Waals surface area contributed by atoms with Crippen molar-refractivity contribution in [2.24, 2.45) is 0 Å². The van der Waals surface area contributed by atoms with E-state index in [1.54, 1.807) is 42.3 Å². The largest absolute Gasteiger partial charge is 0.481 e. The highest BCUT2D eigenvalue weighted by atomic mass is 32.2. The van der Waals surface area contributed by atoms with Crippen molar-refractivity contribution in [2.45, 2.75) is 42.8 Å². The molecule has 2 N–H and O–H groups in total. The molecule has 2 aromatic heterocycles. The number of nitrogens with zero attached hydrogens (tertiary/aromatic N) is 3. The average Bonchev–Trinajstić information content (AvgIpc) is 3.68. The number of benzene rings is 1. The molecule has 1 aliphatic carbocycles. The molecule has 1 fully saturated rings. The number of rotatable bonds is 10. The number of anilines is 2. The second-order valence-corrected chi connectivity index (χ2v) is 10.4. The normalized spacial score (nSPS) is 13.8. The summed E-state index contributed by atoms with van der Waals surface area (Å²) in [4.78, 5) is 20.6. The molecule has 3 aromatic rings. The van der Waals surface area contributed by atoms with Gasteiger partial charge in [0.15, 0.2) is 5.03 Å². The van der Waals surface area contributed by atoms with Crippen molar-refractivity contribution < 1.29 is 31.5 Å². The monoisotopic (exact) mass is 534 g/mol. The highest BCUT2D eigenvalue weighted by Gasteiger charge is 2.37. The number of carboxylic acid groups (broad SMARTS) is 1. The first kappa shape index (κ1) is 26.4. The SMILES string of the molecule is CN(CCCC(=O)O)c1cccc(S(=O)(=O)Nc2ccc(C(F)(F)F)c(-c3ccccc3C3CC3)n2)n1. The number of sulfonamides is 1. The van der Waals surface area contributed by atoms with E-state index in [4.69, 9.17) is 5.11 Å². The maximum absolute atomic E-state index is 13.8. The fourth-order valence-corrected chi connectivity index (χ4v) is 4.92. The van der Waals surface area contributed by atoms with Crippen LogP contribution < -0.4 is 9.62 Å². The molecular formula is C25H25F3N4O4S. The zero-order valence-electron chi connectivity index (χ0n) is 19.9. The highest BCUT2D eigenvalue weighted by Crippen LogP contribution is 2.46. The lowest BCUT2D eigenvalue weighted by Gasteiger charge is -2.19. The molecule has 0 aliphatic heterocycles. The number of pyridine rings is 2. The van der Waals surface area contributed by atoms with Crippen LogP contribution in [0.15, 0.2) is 59.6 Å². The molecule has 1 aromatic carbocycles. The topological polar surface area (TPSA) is 112 Å². The van der Waals surface area contributed by atoms with Crippen LogP contribution in [0.5, 0.6) is 0 Å². The Labute approximate surface area is 212 Å². The Balaban J connectivity index is 1.64. The van der Waals surface area contributed by atoms with Gasteiger partial charge in [-0.05, 0) is 55.0 Å². The van der Waals surface area contributed by atoms with Gasteiger partial charge in [0, 0.05) is 25.6 Å². The maximum atomic E-state index is 13.8. The first-order valence-electron chi connectivity index (χ1n) is 11.6. The van der Waals surface area contributed by atoms with E-state index in [0.717, 1.165) is 30.5 Å². The summed E-state index contributed by atoms with van der Waals surface area (Å²) in [5.74, 6) is -0.757. The Morgan fingerprint density at radius 1 is 1.08 bits per heavy atom. The van der Waals surface area contributed by atoms with Crippen molar-refractivity contribution in [1.29, 1.82) is 0 Å². The highest BCUT2D eigenvalue weighted by molar-refractivity contribution is 7.92. The molecule has 0 radical (unpaired) electrons. The molecule has 37 heavy (non-hydrogen) atoms. The van der Waals surface area contributed by atoms with Crippen molar-refractivity contribution in [3.8, 4) is 11.3 Å². The van der Waals surface area contributed by atoms with Crippen molar-refractivity contribution in [3.05, 3.63) is 65.7 Å². The number of halogens is 3. The summed E-state index contributed by atoms with van der Waals surface area (Å²) in [6.45, 7) is 0.334. The molecule has 0 spiro atoms. The van der Waals surface area contributed by atoms with Gasteiger partial charge in [0.1, 0.15) is 11.6 Å². The lowest BCUT2D eigenvalue weighted by atomic mass is 9.97. The van der Waals surface area contributed by atoms with E-state index < -0.39 is 27.7 Å². The summed E-state index contributed by atoms with van der Waals surface area (Å²) in [6, 6.07) is 12.8. The lowest BCUT2D eigenvalue weighted by molar-refractivity contribution is -0.138. The Kier molecular flexibility index (Phi) is 7.39. The van der Waals surface area contributed by atoms with Gasteiger partial charge in [-0.3, -0.25) is 9.52 Å². The zero-order chi connectivity index (χ0) is 26.8. The molecule has 4 rings (SSSR count).